The fourth-order valence-corrected chi connectivity index (χ4v) is 5.26. The van der Waals surface area contributed by atoms with E-state index in [-0.39, 0.29) is 17.9 Å². The van der Waals surface area contributed by atoms with Gasteiger partial charge < -0.3 is 19.5 Å². The Morgan fingerprint density at radius 3 is 2.46 bits per heavy atom. The molecule has 7 heteroatoms. The molecule has 1 N–H and O–H groups in total. The van der Waals surface area contributed by atoms with Gasteiger partial charge in [0.1, 0.15) is 11.6 Å². The number of nitrogens with zero attached hydrogens (tertiary/aromatic N) is 3. The number of halogens is 1. The molecule has 5 rings (SSSR count). The summed E-state index contributed by atoms with van der Waals surface area (Å²) in [7, 11) is 0. The van der Waals surface area contributed by atoms with Crippen LogP contribution in [0.25, 0.3) is 5.69 Å². The molecule has 5 nitrogen and oxygen atoms in total. The number of ether oxygens (including phenoxy) is 1. The van der Waals surface area contributed by atoms with Gasteiger partial charge in [0.05, 0.1) is 30.1 Å². The van der Waals surface area contributed by atoms with Crippen LogP contribution in [-0.2, 0) is 0 Å². The number of pyridine rings is 1. The summed E-state index contributed by atoms with van der Waals surface area (Å²) in [5, 5.41) is 4.11. The van der Waals surface area contributed by atoms with Crippen molar-refractivity contribution in [3.8, 4) is 11.4 Å². The van der Waals surface area contributed by atoms with Crippen LogP contribution in [0.5, 0.6) is 5.75 Å². The molecular formula is C28H27FN4OS. The normalized spacial score (nSPS) is 17.5. The Morgan fingerprint density at radius 2 is 1.77 bits per heavy atom. The fraction of sp³-hybridized carbons (Fsp3) is 0.214. The molecule has 1 fully saturated rings. The second-order valence-corrected chi connectivity index (χ2v) is 8.92. The van der Waals surface area contributed by atoms with E-state index in [9.17, 15) is 4.39 Å². The lowest BCUT2D eigenvalue weighted by atomic mass is 9.96. The molecule has 0 aliphatic carbocycles. The number of anilines is 1. The SMILES string of the molecule is CCOc1ccc(N2C(=S)NC(c3ccccn3)C2c2cc(C)n(-c3ccccc3F)c2C)cc1. The molecule has 1 aliphatic heterocycles. The molecule has 0 amide bonds. The lowest BCUT2D eigenvalue weighted by molar-refractivity contribution is 0.340. The molecular weight excluding hydrogens is 459 g/mol. The standard InChI is InChI=1S/C28H27FN4OS/c1-4-34-21-14-12-20(13-15-21)33-27(26(31-28(33)35)24-10-7-8-16-30-24)22-17-18(2)32(19(22)3)25-11-6-5-9-23(25)29/h5-17,26-27H,4H2,1-3H3,(H,31,35). The first kappa shape index (κ1) is 23.1. The van der Waals surface area contributed by atoms with E-state index >= 15 is 0 Å². The van der Waals surface area contributed by atoms with E-state index in [2.05, 4.69) is 21.3 Å². The second-order valence-electron chi connectivity index (χ2n) is 8.54. The van der Waals surface area contributed by atoms with Gasteiger partial charge in [-0.25, -0.2) is 4.39 Å². The number of thiocarbonyl (C=S) groups is 1. The van der Waals surface area contributed by atoms with E-state index in [0.29, 0.717) is 17.4 Å². The van der Waals surface area contributed by atoms with Gasteiger partial charge in [-0.05, 0) is 93.1 Å². The first-order chi connectivity index (χ1) is 17.0. The molecule has 35 heavy (non-hydrogen) atoms. The highest BCUT2D eigenvalue weighted by Crippen LogP contribution is 2.44. The number of benzene rings is 2. The lowest BCUT2D eigenvalue weighted by Gasteiger charge is -2.28. The van der Waals surface area contributed by atoms with Crippen LogP contribution in [0.4, 0.5) is 10.1 Å². The molecule has 3 heterocycles. The van der Waals surface area contributed by atoms with E-state index in [1.54, 1.807) is 18.3 Å². The van der Waals surface area contributed by atoms with Crippen LogP contribution in [0.2, 0.25) is 0 Å². The Balaban J connectivity index is 1.65. The summed E-state index contributed by atoms with van der Waals surface area (Å²) in [6.07, 6.45) is 1.79. The van der Waals surface area contributed by atoms with Gasteiger partial charge in [0.2, 0.25) is 0 Å². The third-order valence-electron chi connectivity index (χ3n) is 6.41. The van der Waals surface area contributed by atoms with Crippen LogP contribution < -0.4 is 15.0 Å². The molecule has 2 aromatic heterocycles. The zero-order chi connectivity index (χ0) is 24.5. The monoisotopic (exact) mass is 486 g/mol. The number of hydrogen-bond donors (Lipinski definition) is 1. The average molecular weight is 487 g/mol. The first-order valence-corrected chi connectivity index (χ1v) is 12.1. The molecule has 1 saturated heterocycles. The maximum atomic E-state index is 14.8. The van der Waals surface area contributed by atoms with Crippen LogP contribution in [0.15, 0.2) is 79.0 Å². The number of nitrogens with one attached hydrogen (secondary N) is 1. The highest BCUT2D eigenvalue weighted by Gasteiger charge is 2.42. The van der Waals surface area contributed by atoms with Crippen LogP contribution in [-0.4, -0.2) is 21.3 Å². The maximum Gasteiger partial charge on any atom is 0.174 e. The number of aromatic nitrogens is 2. The minimum absolute atomic E-state index is 0.176. The zero-order valence-corrected chi connectivity index (χ0v) is 20.7. The molecule has 4 aromatic rings. The van der Waals surface area contributed by atoms with Gasteiger partial charge >= 0.3 is 0 Å². The quantitative estimate of drug-likeness (QED) is 0.329. The van der Waals surface area contributed by atoms with Gasteiger partial charge in [-0.1, -0.05) is 18.2 Å². The highest BCUT2D eigenvalue weighted by molar-refractivity contribution is 7.80. The maximum absolute atomic E-state index is 14.8. The van der Waals surface area contributed by atoms with Gasteiger partial charge in [0, 0.05) is 23.3 Å². The molecule has 2 atom stereocenters. The number of aryl methyl sites for hydroxylation is 1. The molecule has 0 saturated carbocycles. The predicted molar refractivity (Wildman–Crippen MR) is 141 cm³/mol. The molecule has 0 radical (unpaired) electrons. The summed E-state index contributed by atoms with van der Waals surface area (Å²) in [5.41, 5.74) is 5.34. The van der Waals surface area contributed by atoms with Gasteiger partial charge in [0.15, 0.2) is 5.11 Å². The second kappa shape index (κ2) is 9.50. The molecule has 2 aromatic carbocycles. The van der Waals surface area contributed by atoms with E-state index in [0.717, 1.165) is 34.1 Å². The number of rotatable bonds is 6. The summed E-state index contributed by atoms with van der Waals surface area (Å²) >= 11 is 5.85. The topological polar surface area (TPSA) is 42.3 Å². The van der Waals surface area contributed by atoms with E-state index in [1.807, 2.05) is 73.9 Å². The number of hydrogen-bond acceptors (Lipinski definition) is 3. The minimum Gasteiger partial charge on any atom is -0.494 e. The Labute approximate surface area is 210 Å². The van der Waals surface area contributed by atoms with Crippen molar-refractivity contribution in [1.82, 2.24) is 14.9 Å². The predicted octanol–water partition coefficient (Wildman–Crippen LogP) is 6.20. The van der Waals surface area contributed by atoms with E-state index < -0.39 is 0 Å². The van der Waals surface area contributed by atoms with Crippen LogP contribution in [0.3, 0.4) is 0 Å². The Bertz CT molecular complexity index is 1350. The van der Waals surface area contributed by atoms with Crippen molar-refractivity contribution in [2.45, 2.75) is 32.9 Å². The Morgan fingerprint density at radius 1 is 1.03 bits per heavy atom. The zero-order valence-electron chi connectivity index (χ0n) is 19.9. The van der Waals surface area contributed by atoms with Gasteiger partial charge in [0.25, 0.3) is 0 Å². The molecule has 2 unspecified atom stereocenters. The molecule has 178 valence electrons. The van der Waals surface area contributed by atoms with Crippen LogP contribution in [0, 0.1) is 19.7 Å². The first-order valence-electron chi connectivity index (χ1n) is 11.7. The largest absolute Gasteiger partial charge is 0.494 e. The summed E-state index contributed by atoms with van der Waals surface area (Å²) < 4.78 is 22.4. The third kappa shape index (κ3) is 4.17. The number of para-hydroxylation sites is 1. The summed E-state index contributed by atoms with van der Waals surface area (Å²) in [6.45, 7) is 6.60. The molecule has 1 aliphatic rings. The summed E-state index contributed by atoms with van der Waals surface area (Å²) in [5.74, 6) is 0.551. The van der Waals surface area contributed by atoms with Crippen molar-refractivity contribution in [1.29, 1.82) is 0 Å². The minimum atomic E-state index is -0.259. The fourth-order valence-electron chi connectivity index (χ4n) is 4.91. The van der Waals surface area contributed by atoms with Crippen LogP contribution in [0.1, 0.15) is 41.7 Å². The van der Waals surface area contributed by atoms with Crippen molar-refractivity contribution in [3.05, 3.63) is 107 Å². The summed E-state index contributed by atoms with van der Waals surface area (Å²) in [6, 6.07) is 22.4. The van der Waals surface area contributed by atoms with Gasteiger partial charge in [-0.2, -0.15) is 0 Å². The van der Waals surface area contributed by atoms with E-state index in [4.69, 9.17) is 17.0 Å². The highest BCUT2D eigenvalue weighted by atomic mass is 32.1. The van der Waals surface area contributed by atoms with Crippen molar-refractivity contribution >= 4 is 23.0 Å². The van der Waals surface area contributed by atoms with Crippen molar-refractivity contribution in [2.75, 3.05) is 11.5 Å². The van der Waals surface area contributed by atoms with E-state index in [1.165, 1.54) is 6.07 Å². The van der Waals surface area contributed by atoms with Crippen LogP contribution >= 0.6 is 12.2 Å². The smallest absolute Gasteiger partial charge is 0.174 e. The van der Waals surface area contributed by atoms with Crippen molar-refractivity contribution < 1.29 is 9.13 Å². The van der Waals surface area contributed by atoms with Gasteiger partial charge in [-0.3, -0.25) is 4.98 Å². The molecule has 0 spiro atoms. The third-order valence-corrected chi connectivity index (χ3v) is 6.72. The molecule has 0 bridgehead atoms. The van der Waals surface area contributed by atoms with Crippen molar-refractivity contribution in [2.24, 2.45) is 0 Å². The Hall–Kier alpha value is -3.71. The lowest BCUT2D eigenvalue weighted by Crippen LogP contribution is -2.29. The average Bonchev–Trinajstić information content (AvgIpc) is 3.36. The van der Waals surface area contributed by atoms with Crippen molar-refractivity contribution in [3.63, 3.8) is 0 Å². The Kier molecular flexibility index (Phi) is 6.26. The summed E-state index contributed by atoms with van der Waals surface area (Å²) in [4.78, 5) is 6.76. The van der Waals surface area contributed by atoms with Gasteiger partial charge in [-0.15, -0.1) is 0 Å².